The van der Waals surface area contributed by atoms with Crippen LogP contribution in [0.25, 0.3) is 22.2 Å². The van der Waals surface area contributed by atoms with Crippen molar-refractivity contribution < 1.29 is 28.2 Å². The van der Waals surface area contributed by atoms with Crippen LogP contribution in [0.4, 0.5) is 8.78 Å². The van der Waals surface area contributed by atoms with Crippen LogP contribution in [0.1, 0.15) is 60.3 Å². The Morgan fingerprint density at radius 1 is 1.19 bits per heavy atom. The summed E-state index contributed by atoms with van der Waals surface area (Å²) in [5.74, 6) is -3.16. The Morgan fingerprint density at radius 3 is 2.65 bits per heavy atom. The number of nitrogens with two attached hydrogens (primary N) is 1. The second-order valence-electron chi connectivity index (χ2n) is 12.0. The summed E-state index contributed by atoms with van der Waals surface area (Å²) in [6, 6.07) is 8.89. The molecule has 2 amide bonds. The fourth-order valence-corrected chi connectivity index (χ4v) is 5.89. The Hall–Kier alpha value is -4.09. The highest BCUT2D eigenvalue weighted by Gasteiger charge is 2.50. The van der Waals surface area contributed by atoms with Gasteiger partial charge in [-0.2, -0.15) is 5.10 Å². The first-order chi connectivity index (χ1) is 20.5. The zero-order chi connectivity index (χ0) is 30.3. The van der Waals surface area contributed by atoms with E-state index in [4.69, 9.17) is 22.1 Å². The maximum absolute atomic E-state index is 15.1. The number of primary amides is 1. The van der Waals surface area contributed by atoms with E-state index in [9.17, 15) is 19.1 Å². The second kappa shape index (κ2) is 9.72. The molecular weight excluding hydrogens is 580 g/mol. The van der Waals surface area contributed by atoms with Crippen molar-refractivity contribution in [3.63, 3.8) is 0 Å². The number of amides is 2. The van der Waals surface area contributed by atoms with Gasteiger partial charge in [-0.1, -0.05) is 11.6 Å². The van der Waals surface area contributed by atoms with E-state index in [2.05, 4.69) is 15.4 Å². The van der Waals surface area contributed by atoms with Gasteiger partial charge in [0, 0.05) is 34.3 Å². The van der Waals surface area contributed by atoms with Crippen molar-refractivity contribution >= 4 is 34.3 Å². The predicted octanol–water partition coefficient (Wildman–Crippen LogP) is 4.53. The number of nitrogens with zero attached hydrogens (tertiary/aromatic N) is 3. The molecule has 2 saturated carbocycles. The number of ether oxygens (including phenoxy) is 1. The third-order valence-corrected chi connectivity index (χ3v) is 9.09. The summed E-state index contributed by atoms with van der Waals surface area (Å²) in [6.07, 6.45) is 5.43. The molecule has 7 rings (SSSR count). The molecule has 4 N–H and O–H groups in total. The van der Waals surface area contributed by atoms with Crippen LogP contribution >= 0.6 is 11.6 Å². The molecule has 9 nitrogen and oxygen atoms in total. The first-order valence-electron chi connectivity index (χ1n) is 14.1. The van der Waals surface area contributed by atoms with Gasteiger partial charge >= 0.3 is 0 Å². The summed E-state index contributed by atoms with van der Waals surface area (Å²) < 4.78 is 36.9. The second-order valence-corrected chi connectivity index (χ2v) is 12.4. The first kappa shape index (κ1) is 27.7. The lowest BCUT2D eigenvalue weighted by atomic mass is 9.81. The molecule has 0 radical (unpaired) electrons. The number of hydrogen-bond acceptors (Lipinski definition) is 6. The highest BCUT2D eigenvalue weighted by Crippen LogP contribution is 2.50. The molecule has 2 aliphatic carbocycles. The first-order valence-corrected chi connectivity index (χ1v) is 14.5. The largest absolute Gasteiger partial charge is 0.489 e. The number of hydrogen-bond donors (Lipinski definition) is 3. The standard InChI is InChI=1S/C31H28ClF2N5O4/c1-30(29(35)41)14-43-27-20(30)10-25(37-26(27)19-9-21(32)23(34)11-22(19)33)31(42,17-3-4-17)13-36-28(40)15-2-7-24-16(8-15)12-39(38-24)18-5-6-18/h2,7-12,17-18,42H,3-6,13-14H2,1H3,(H2,35,41)(H,36,40)/t30-,31+/m0/s1. The van der Waals surface area contributed by atoms with Gasteiger partial charge in [0.25, 0.3) is 5.91 Å². The van der Waals surface area contributed by atoms with Gasteiger partial charge in [0.2, 0.25) is 5.91 Å². The third-order valence-electron chi connectivity index (χ3n) is 8.80. The molecule has 2 atom stereocenters. The van der Waals surface area contributed by atoms with Crippen LogP contribution in [0.15, 0.2) is 42.6 Å². The van der Waals surface area contributed by atoms with Gasteiger partial charge < -0.3 is 20.9 Å². The molecule has 4 aromatic rings. The van der Waals surface area contributed by atoms with Gasteiger partial charge in [-0.05, 0) is 68.9 Å². The number of halogens is 3. The summed E-state index contributed by atoms with van der Waals surface area (Å²) in [5, 5.41) is 20.0. The number of fused-ring (bicyclic) bond motifs is 2. The molecule has 2 aromatic heterocycles. The molecule has 222 valence electrons. The van der Waals surface area contributed by atoms with Gasteiger partial charge in [-0.3, -0.25) is 14.3 Å². The van der Waals surface area contributed by atoms with Crippen LogP contribution in [0, 0.1) is 17.6 Å². The Bertz CT molecular complexity index is 1840. The Morgan fingerprint density at radius 2 is 1.95 bits per heavy atom. The van der Waals surface area contributed by atoms with Gasteiger partial charge in [0.15, 0.2) is 0 Å². The van der Waals surface area contributed by atoms with Crippen molar-refractivity contribution in [3.8, 4) is 17.0 Å². The van der Waals surface area contributed by atoms with Gasteiger partial charge in [-0.15, -0.1) is 0 Å². The molecule has 0 saturated heterocycles. The minimum Gasteiger partial charge on any atom is -0.489 e. The number of carbonyl (C=O) groups excluding carboxylic acids is 2. The topological polar surface area (TPSA) is 132 Å². The van der Waals surface area contributed by atoms with E-state index in [-0.39, 0.29) is 46.8 Å². The van der Waals surface area contributed by atoms with Crippen molar-refractivity contribution in [1.29, 1.82) is 0 Å². The summed E-state index contributed by atoms with van der Waals surface area (Å²) in [5.41, 5.74) is 4.15. The number of aliphatic hydroxyl groups is 1. The Labute approximate surface area is 250 Å². The van der Waals surface area contributed by atoms with Crippen LogP contribution in [0.5, 0.6) is 5.75 Å². The lowest BCUT2D eigenvalue weighted by Gasteiger charge is -2.30. The van der Waals surface area contributed by atoms with Gasteiger partial charge in [0.1, 0.15) is 40.7 Å². The van der Waals surface area contributed by atoms with Crippen LogP contribution in [0.2, 0.25) is 5.02 Å². The zero-order valence-corrected chi connectivity index (χ0v) is 23.9. The number of rotatable bonds is 8. The average molecular weight is 608 g/mol. The molecule has 43 heavy (non-hydrogen) atoms. The van der Waals surface area contributed by atoms with E-state index < -0.39 is 34.5 Å². The van der Waals surface area contributed by atoms with E-state index >= 15 is 4.39 Å². The maximum atomic E-state index is 15.1. The quantitative estimate of drug-likeness (QED) is 0.252. The fourth-order valence-electron chi connectivity index (χ4n) is 5.73. The maximum Gasteiger partial charge on any atom is 0.251 e. The lowest BCUT2D eigenvalue weighted by molar-refractivity contribution is -0.123. The predicted molar refractivity (Wildman–Crippen MR) is 154 cm³/mol. The minimum absolute atomic E-state index is 0.0552. The minimum atomic E-state index is -1.68. The van der Waals surface area contributed by atoms with Crippen LogP contribution < -0.4 is 15.8 Å². The fraction of sp³-hybridized carbons (Fsp3) is 0.355. The van der Waals surface area contributed by atoms with Crippen molar-refractivity contribution in [1.82, 2.24) is 20.1 Å². The summed E-state index contributed by atoms with van der Waals surface area (Å²) >= 11 is 6.00. The van der Waals surface area contributed by atoms with Crippen molar-refractivity contribution in [2.75, 3.05) is 13.2 Å². The molecule has 2 aromatic carbocycles. The molecule has 0 spiro atoms. The zero-order valence-electron chi connectivity index (χ0n) is 23.2. The number of pyridine rings is 1. The van der Waals surface area contributed by atoms with Gasteiger partial charge in [-0.25, -0.2) is 13.8 Å². The Balaban J connectivity index is 1.26. The molecule has 12 heteroatoms. The number of nitrogens with one attached hydrogen (secondary N) is 1. The van der Waals surface area contributed by atoms with E-state index in [1.165, 1.54) is 6.07 Å². The Kier molecular flexibility index (Phi) is 6.26. The molecular formula is C31H28ClF2N5O4. The summed E-state index contributed by atoms with van der Waals surface area (Å²) in [6.45, 7) is 1.24. The van der Waals surface area contributed by atoms with Crippen molar-refractivity contribution in [2.45, 2.75) is 49.7 Å². The highest BCUT2D eigenvalue weighted by atomic mass is 35.5. The van der Waals surface area contributed by atoms with E-state index in [0.717, 1.165) is 29.8 Å². The summed E-state index contributed by atoms with van der Waals surface area (Å²) in [4.78, 5) is 30.5. The summed E-state index contributed by atoms with van der Waals surface area (Å²) in [7, 11) is 0. The molecule has 1 aliphatic heterocycles. The highest BCUT2D eigenvalue weighted by molar-refractivity contribution is 6.31. The van der Waals surface area contributed by atoms with E-state index in [1.807, 2.05) is 10.9 Å². The molecule has 3 aliphatic rings. The lowest BCUT2D eigenvalue weighted by Crippen LogP contribution is -2.44. The van der Waals surface area contributed by atoms with Crippen LogP contribution in [-0.2, 0) is 15.8 Å². The monoisotopic (exact) mass is 607 g/mol. The number of aromatic nitrogens is 3. The molecule has 0 bridgehead atoms. The number of benzene rings is 2. The third kappa shape index (κ3) is 4.62. The van der Waals surface area contributed by atoms with Crippen LogP contribution in [0.3, 0.4) is 0 Å². The molecule has 2 fully saturated rings. The molecule has 3 heterocycles. The van der Waals surface area contributed by atoms with Crippen molar-refractivity contribution in [2.24, 2.45) is 11.7 Å². The SMILES string of the molecule is C[C@]1(C(N)=O)COc2c1cc([C@@](O)(CNC(=O)c1ccc3nn(C4CC4)cc3c1)C1CC1)nc2-c1cc(Cl)c(F)cc1F. The molecule has 0 unspecified atom stereocenters. The van der Waals surface area contributed by atoms with Crippen LogP contribution in [-0.4, -0.2) is 44.8 Å². The normalized spacial score (nSPS) is 20.9. The van der Waals surface area contributed by atoms with Gasteiger partial charge in [0.05, 0.1) is 28.8 Å². The van der Waals surface area contributed by atoms with E-state index in [0.29, 0.717) is 36.1 Å². The van der Waals surface area contributed by atoms with E-state index in [1.54, 1.807) is 25.1 Å². The average Bonchev–Trinajstić information content (AvgIpc) is 3.92. The van der Waals surface area contributed by atoms with Crippen molar-refractivity contribution in [3.05, 3.63) is 76.1 Å². The smallest absolute Gasteiger partial charge is 0.251 e. The number of carbonyl (C=O) groups is 2.